The Morgan fingerprint density at radius 1 is 1.67 bits per heavy atom. The third kappa shape index (κ3) is 3.47. The molecule has 1 amide bonds. The molecule has 2 unspecified atom stereocenters. The number of hydrogen-bond donors (Lipinski definition) is 1. The van der Waals surface area contributed by atoms with E-state index in [-0.39, 0.29) is 12.0 Å². The monoisotopic (exact) mass is 214 g/mol. The molecule has 1 saturated heterocycles. The minimum Gasteiger partial charge on any atom is -0.366 e. The Bertz CT molecular complexity index is 203. The van der Waals surface area contributed by atoms with E-state index in [0.29, 0.717) is 19.2 Å². The van der Waals surface area contributed by atoms with Crippen molar-refractivity contribution in [3.05, 3.63) is 0 Å². The molecule has 1 aliphatic rings. The summed E-state index contributed by atoms with van der Waals surface area (Å²) in [6.45, 7) is 6.33. The molecule has 1 fully saturated rings. The highest BCUT2D eigenvalue weighted by Gasteiger charge is 2.26. The van der Waals surface area contributed by atoms with Gasteiger partial charge in [-0.25, -0.2) is 0 Å². The van der Waals surface area contributed by atoms with E-state index in [9.17, 15) is 4.79 Å². The number of carbonyl (C=O) groups is 1. The summed E-state index contributed by atoms with van der Waals surface area (Å²) in [5, 5.41) is 3.17. The van der Waals surface area contributed by atoms with Crippen molar-refractivity contribution in [2.75, 3.05) is 26.7 Å². The van der Waals surface area contributed by atoms with Crippen LogP contribution in [0.1, 0.15) is 26.7 Å². The smallest absolute Gasteiger partial charge is 0.253 e. The average Bonchev–Trinajstić information content (AvgIpc) is 2.28. The van der Waals surface area contributed by atoms with Gasteiger partial charge in [0.2, 0.25) is 0 Å². The molecule has 1 aliphatic heterocycles. The van der Waals surface area contributed by atoms with E-state index < -0.39 is 0 Å². The number of nitrogens with one attached hydrogen (secondary N) is 1. The molecule has 0 radical (unpaired) electrons. The van der Waals surface area contributed by atoms with E-state index in [2.05, 4.69) is 19.2 Å². The average molecular weight is 214 g/mol. The minimum absolute atomic E-state index is 0.100. The fourth-order valence-electron chi connectivity index (χ4n) is 1.78. The highest BCUT2D eigenvalue weighted by Crippen LogP contribution is 2.08. The van der Waals surface area contributed by atoms with Crippen LogP contribution in [0.25, 0.3) is 0 Å². The van der Waals surface area contributed by atoms with E-state index in [1.807, 2.05) is 7.05 Å². The fourth-order valence-corrected chi connectivity index (χ4v) is 1.78. The molecule has 4 heteroatoms. The predicted molar refractivity (Wildman–Crippen MR) is 59.7 cm³/mol. The maximum atomic E-state index is 12.0. The second-order valence-electron chi connectivity index (χ2n) is 4.15. The van der Waals surface area contributed by atoms with Gasteiger partial charge in [-0.05, 0) is 13.3 Å². The van der Waals surface area contributed by atoms with Crippen LogP contribution in [0, 0.1) is 0 Å². The minimum atomic E-state index is -0.289. The summed E-state index contributed by atoms with van der Waals surface area (Å²) < 4.78 is 5.44. The maximum Gasteiger partial charge on any atom is 0.253 e. The lowest BCUT2D eigenvalue weighted by Crippen LogP contribution is -2.50. The summed E-state index contributed by atoms with van der Waals surface area (Å²) in [7, 11) is 1.86. The van der Waals surface area contributed by atoms with Gasteiger partial charge in [-0.1, -0.05) is 13.3 Å². The van der Waals surface area contributed by atoms with Gasteiger partial charge >= 0.3 is 0 Å². The number of likely N-dealkylation sites (N-methyl/N-ethyl adjacent to an activating group) is 1. The van der Waals surface area contributed by atoms with E-state index in [1.165, 1.54) is 0 Å². The van der Waals surface area contributed by atoms with Crippen molar-refractivity contribution in [3.63, 3.8) is 0 Å². The van der Waals surface area contributed by atoms with Crippen molar-refractivity contribution in [3.8, 4) is 0 Å². The van der Waals surface area contributed by atoms with Crippen molar-refractivity contribution in [1.82, 2.24) is 10.2 Å². The van der Waals surface area contributed by atoms with Crippen LogP contribution in [-0.4, -0.2) is 49.7 Å². The Morgan fingerprint density at radius 2 is 2.40 bits per heavy atom. The summed E-state index contributed by atoms with van der Waals surface area (Å²) >= 11 is 0. The Labute approximate surface area is 92.0 Å². The molecule has 2 atom stereocenters. The van der Waals surface area contributed by atoms with Gasteiger partial charge in [0, 0.05) is 26.2 Å². The van der Waals surface area contributed by atoms with Gasteiger partial charge in [0.25, 0.3) is 5.91 Å². The first-order valence-corrected chi connectivity index (χ1v) is 5.75. The second kappa shape index (κ2) is 6.08. The number of rotatable bonds is 4. The summed E-state index contributed by atoms with van der Waals surface area (Å²) in [4.78, 5) is 13.8. The van der Waals surface area contributed by atoms with Crippen LogP contribution in [0.15, 0.2) is 0 Å². The van der Waals surface area contributed by atoms with Crippen molar-refractivity contribution in [2.24, 2.45) is 0 Å². The van der Waals surface area contributed by atoms with Crippen molar-refractivity contribution in [1.29, 1.82) is 0 Å². The lowest BCUT2D eigenvalue weighted by atomic mass is 10.1. The van der Waals surface area contributed by atoms with Gasteiger partial charge < -0.3 is 15.0 Å². The summed E-state index contributed by atoms with van der Waals surface area (Å²) in [5.74, 6) is 0.100. The molecule has 0 aromatic heterocycles. The number of ether oxygens (including phenoxy) is 1. The fraction of sp³-hybridized carbons (Fsp3) is 0.909. The van der Waals surface area contributed by atoms with Gasteiger partial charge in [-0.3, -0.25) is 4.79 Å². The molecule has 88 valence electrons. The van der Waals surface area contributed by atoms with Crippen LogP contribution in [0.4, 0.5) is 0 Å². The summed E-state index contributed by atoms with van der Waals surface area (Å²) in [6.07, 6.45) is 1.85. The van der Waals surface area contributed by atoms with Gasteiger partial charge in [-0.15, -0.1) is 0 Å². The van der Waals surface area contributed by atoms with E-state index in [1.54, 1.807) is 4.90 Å². The van der Waals surface area contributed by atoms with Gasteiger partial charge in [0.15, 0.2) is 0 Å². The quantitative estimate of drug-likeness (QED) is 0.746. The molecule has 0 bridgehead atoms. The first-order valence-electron chi connectivity index (χ1n) is 5.75. The zero-order valence-corrected chi connectivity index (χ0v) is 9.95. The topological polar surface area (TPSA) is 41.6 Å². The molecular formula is C11H22N2O2. The highest BCUT2D eigenvalue weighted by atomic mass is 16.5. The number of morpholine rings is 1. The molecule has 0 aliphatic carbocycles. The normalized spacial score (nSPS) is 23.5. The van der Waals surface area contributed by atoms with Crippen LogP contribution < -0.4 is 5.32 Å². The van der Waals surface area contributed by atoms with Crippen LogP contribution >= 0.6 is 0 Å². The third-order valence-electron chi connectivity index (χ3n) is 2.92. The Balaban J connectivity index is 2.43. The maximum absolute atomic E-state index is 12.0. The van der Waals surface area contributed by atoms with E-state index in [4.69, 9.17) is 4.74 Å². The van der Waals surface area contributed by atoms with Crippen molar-refractivity contribution >= 4 is 5.91 Å². The van der Waals surface area contributed by atoms with Crippen molar-refractivity contribution < 1.29 is 9.53 Å². The number of hydrogen-bond acceptors (Lipinski definition) is 3. The number of amides is 1. The molecule has 1 heterocycles. The summed E-state index contributed by atoms with van der Waals surface area (Å²) in [6, 6.07) is 0.299. The second-order valence-corrected chi connectivity index (χ2v) is 4.15. The molecule has 1 rings (SSSR count). The van der Waals surface area contributed by atoms with Gasteiger partial charge in [0.05, 0.1) is 6.61 Å². The molecule has 0 saturated carbocycles. The van der Waals surface area contributed by atoms with Gasteiger partial charge in [0.1, 0.15) is 6.10 Å². The molecule has 0 aromatic rings. The molecule has 4 nitrogen and oxygen atoms in total. The standard InChI is InChI=1S/C11H22N2O2/c1-4-5-9(2)13(3)11(14)10-8-12-6-7-15-10/h9-10,12H,4-8H2,1-3H3. The van der Waals surface area contributed by atoms with E-state index in [0.717, 1.165) is 19.4 Å². The Morgan fingerprint density at radius 3 is 2.93 bits per heavy atom. The van der Waals surface area contributed by atoms with Crippen LogP contribution in [0.3, 0.4) is 0 Å². The lowest BCUT2D eigenvalue weighted by molar-refractivity contribution is -0.145. The zero-order valence-electron chi connectivity index (χ0n) is 9.95. The van der Waals surface area contributed by atoms with Crippen LogP contribution in [0.5, 0.6) is 0 Å². The summed E-state index contributed by atoms with van der Waals surface area (Å²) in [5.41, 5.74) is 0. The first kappa shape index (κ1) is 12.5. The SMILES string of the molecule is CCCC(C)N(C)C(=O)C1CNCCO1. The predicted octanol–water partition coefficient (Wildman–Crippen LogP) is 0.622. The lowest BCUT2D eigenvalue weighted by Gasteiger charge is -2.30. The largest absolute Gasteiger partial charge is 0.366 e. The third-order valence-corrected chi connectivity index (χ3v) is 2.92. The van der Waals surface area contributed by atoms with Crippen LogP contribution in [-0.2, 0) is 9.53 Å². The Hall–Kier alpha value is -0.610. The number of carbonyl (C=O) groups excluding carboxylic acids is 1. The molecule has 15 heavy (non-hydrogen) atoms. The molecule has 0 aromatic carbocycles. The number of nitrogens with zero attached hydrogens (tertiary/aromatic N) is 1. The zero-order chi connectivity index (χ0) is 11.3. The molecule has 1 N–H and O–H groups in total. The van der Waals surface area contributed by atoms with Crippen LogP contribution in [0.2, 0.25) is 0 Å². The Kier molecular flexibility index (Phi) is 5.05. The van der Waals surface area contributed by atoms with E-state index >= 15 is 0 Å². The van der Waals surface area contributed by atoms with Crippen molar-refractivity contribution in [2.45, 2.75) is 38.8 Å². The van der Waals surface area contributed by atoms with Gasteiger partial charge in [-0.2, -0.15) is 0 Å². The molecular weight excluding hydrogens is 192 g/mol. The molecule has 0 spiro atoms. The highest BCUT2D eigenvalue weighted by molar-refractivity contribution is 5.81. The first-order chi connectivity index (χ1) is 7.16.